The van der Waals surface area contributed by atoms with Crippen LogP contribution in [0.15, 0.2) is 12.1 Å². The highest BCUT2D eigenvalue weighted by atomic mass is 16.5. The summed E-state index contributed by atoms with van der Waals surface area (Å²) >= 11 is 0. The van der Waals surface area contributed by atoms with Crippen molar-refractivity contribution in [2.75, 3.05) is 13.7 Å². The van der Waals surface area contributed by atoms with Crippen molar-refractivity contribution in [1.82, 2.24) is 0 Å². The van der Waals surface area contributed by atoms with Crippen molar-refractivity contribution >= 4 is 0 Å². The third-order valence-corrected chi connectivity index (χ3v) is 5.02. The van der Waals surface area contributed by atoms with Crippen LogP contribution in [0.4, 0.5) is 0 Å². The van der Waals surface area contributed by atoms with Crippen LogP contribution in [-0.4, -0.2) is 13.7 Å². The van der Waals surface area contributed by atoms with E-state index < -0.39 is 0 Å². The fourth-order valence-electron chi connectivity index (χ4n) is 3.72. The third kappa shape index (κ3) is 3.01. The van der Waals surface area contributed by atoms with Gasteiger partial charge in [-0.2, -0.15) is 0 Å². The highest BCUT2D eigenvalue weighted by Crippen LogP contribution is 2.47. The molecule has 0 spiro atoms. The highest BCUT2D eigenvalue weighted by Gasteiger charge is 2.35. The second-order valence-corrected chi connectivity index (χ2v) is 7.19. The summed E-state index contributed by atoms with van der Waals surface area (Å²) in [7, 11) is 1.74. The molecule has 2 N–H and O–H groups in total. The van der Waals surface area contributed by atoms with E-state index in [0.29, 0.717) is 17.3 Å². The van der Waals surface area contributed by atoms with E-state index in [0.717, 1.165) is 12.3 Å². The number of rotatable bonds is 3. The Balaban J connectivity index is 2.39. The molecule has 2 atom stereocenters. The Morgan fingerprint density at radius 2 is 1.95 bits per heavy atom. The first-order chi connectivity index (χ1) is 9.38. The molecule has 1 aliphatic carbocycles. The van der Waals surface area contributed by atoms with E-state index in [1.54, 1.807) is 7.11 Å². The van der Waals surface area contributed by atoms with Gasteiger partial charge in [0.05, 0.1) is 7.11 Å². The van der Waals surface area contributed by atoms with Crippen LogP contribution in [0.1, 0.15) is 55.7 Å². The Kier molecular flexibility index (Phi) is 4.43. The zero-order chi connectivity index (χ0) is 14.9. The summed E-state index contributed by atoms with van der Waals surface area (Å²) in [5.41, 5.74) is 10.5. The summed E-state index contributed by atoms with van der Waals surface area (Å²) in [6, 6.07) is 4.50. The standard InChI is InChI=1S/C18H29NO/c1-12-9-17(20-5)13(2)8-15(12)16-10-18(3,4)7-6-14(16)11-19/h8-9,14,16H,6-7,10-11,19H2,1-5H3. The van der Waals surface area contributed by atoms with Gasteiger partial charge in [-0.15, -0.1) is 0 Å². The van der Waals surface area contributed by atoms with Gasteiger partial charge in [-0.05, 0) is 79.7 Å². The molecule has 2 nitrogen and oxygen atoms in total. The van der Waals surface area contributed by atoms with Crippen molar-refractivity contribution in [2.45, 2.75) is 52.9 Å². The molecule has 20 heavy (non-hydrogen) atoms. The lowest BCUT2D eigenvalue weighted by atomic mass is 9.64. The van der Waals surface area contributed by atoms with Crippen LogP contribution in [-0.2, 0) is 0 Å². The number of ether oxygens (including phenoxy) is 1. The summed E-state index contributed by atoms with van der Waals surface area (Å²) < 4.78 is 5.44. The Hall–Kier alpha value is -1.02. The van der Waals surface area contributed by atoms with E-state index in [2.05, 4.69) is 39.8 Å². The summed E-state index contributed by atoms with van der Waals surface area (Å²) in [5, 5.41) is 0. The summed E-state index contributed by atoms with van der Waals surface area (Å²) in [6.45, 7) is 9.90. The largest absolute Gasteiger partial charge is 0.496 e. The Morgan fingerprint density at radius 1 is 1.25 bits per heavy atom. The van der Waals surface area contributed by atoms with Gasteiger partial charge in [-0.25, -0.2) is 0 Å². The SMILES string of the molecule is COc1cc(C)c(C2CC(C)(C)CCC2CN)cc1C. The Bertz CT molecular complexity index is 479. The minimum absolute atomic E-state index is 0.427. The van der Waals surface area contributed by atoms with Gasteiger partial charge in [0.2, 0.25) is 0 Å². The molecule has 112 valence electrons. The van der Waals surface area contributed by atoms with E-state index in [1.807, 2.05) is 0 Å². The van der Waals surface area contributed by atoms with Crippen LogP contribution in [0.3, 0.4) is 0 Å². The summed E-state index contributed by atoms with van der Waals surface area (Å²) in [4.78, 5) is 0. The van der Waals surface area contributed by atoms with Crippen molar-refractivity contribution in [1.29, 1.82) is 0 Å². The van der Waals surface area contributed by atoms with Crippen molar-refractivity contribution in [3.8, 4) is 5.75 Å². The first-order valence-corrected chi connectivity index (χ1v) is 7.73. The van der Waals surface area contributed by atoms with E-state index in [-0.39, 0.29) is 0 Å². The lowest BCUT2D eigenvalue weighted by Crippen LogP contribution is -2.33. The molecule has 1 aromatic carbocycles. The molecule has 0 bridgehead atoms. The van der Waals surface area contributed by atoms with E-state index in [9.17, 15) is 0 Å². The summed E-state index contributed by atoms with van der Waals surface area (Å²) in [5.74, 6) is 2.20. The monoisotopic (exact) mass is 275 g/mol. The molecule has 0 heterocycles. The van der Waals surface area contributed by atoms with Crippen molar-refractivity contribution in [3.63, 3.8) is 0 Å². The lowest BCUT2D eigenvalue weighted by molar-refractivity contribution is 0.165. The molecule has 2 rings (SSSR count). The predicted molar refractivity (Wildman–Crippen MR) is 85.4 cm³/mol. The van der Waals surface area contributed by atoms with Gasteiger partial charge in [-0.3, -0.25) is 0 Å². The second kappa shape index (κ2) is 5.77. The molecule has 0 radical (unpaired) electrons. The minimum Gasteiger partial charge on any atom is -0.496 e. The van der Waals surface area contributed by atoms with E-state index >= 15 is 0 Å². The molecular weight excluding hydrogens is 246 g/mol. The van der Waals surface area contributed by atoms with Gasteiger partial charge in [0, 0.05) is 0 Å². The van der Waals surface area contributed by atoms with Gasteiger partial charge in [0.1, 0.15) is 5.75 Å². The van der Waals surface area contributed by atoms with Gasteiger partial charge in [0.25, 0.3) is 0 Å². The minimum atomic E-state index is 0.427. The fourth-order valence-corrected chi connectivity index (χ4v) is 3.72. The van der Waals surface area contributed by atoms with Gasteiger partial charge in [-0.1, -0.05) is 19.9 Å². The Morgan fingerprint density at radius 3 is 2.55 bits per heavy atom. The molecule has 0 amide bonds. The molecule has 0 aromatic heterocycles. The van der Waals surface area contributed by atoms with Crippen LogP contribution in [0, 0.1) is 25.2 Å². The molecule has 1 aliphatic rings. The van der Waals surface area contributed by atoms with E-state index in [4.69, 9.17) is 10.5 Å². The van der Waals surface area contributed by atoms with Crippen LogP contribution in [0.2, 0.25) is 0 Å². The Labute approximate surface area is 123 Å². The number of benzene rings is 1. The van der Waals surface area contributed by atoms with Crippen LogP contribution < -0.4 is 10.5 Å². The zero-order valence-corrected chi connectivity index (χ0v) is 13.6. The number of nitrogens with two attached hydrogens (primary N) is 1. The first kappa shape index (κ1) is 15.4. The highest BCUT2D eigenvalue weighted by molar-refractivity contribution is 5.43. The average Bonchev–Trinajstić information content (AvgIpc) is 2.40. The second-order valence-electron chi connectivity index (χ2n) is 7.19. The fraction of sp³-hybridized carbons (Fsp3) is 0.667. The molecule has 2 unspecified atom stereocenters. The van der Waals surface area contributed by atoms with Crippen LogP contribution in [0.5, 0.6) is 5.75 Å². The molecule has 1 fully saturated rings. The number of hydrogen-bond acceptors (Lipinski definition) is 2. The maximum absolute atomic E-state index is 6.04. The molecule has 0 saturated heterocycles. The van der Waals surface area contributed by atoms with E-state index in [1.165, 1.54) is 36.0 Å². The lowest BCUT2D eigenvalue weighted by Gasteiger charge is -2.41. The molecule has 2 heteroatoms. The maximum Gasteiger partial charge on any atom is 0.122 e. The molecular formula is C18H29NO. The quantitative estimate of drug-likeness (QED) is 0.898. The predicted octanol–water partition coefficient (Wildman–Crippen LogP) is 4.18. The topological polar surface area (TPSA) is 35.2 Å². The van der Waals surface area contributed by atoms with Crippen LogP contribution in [0.25, 0.3) is 0 Å². The van der Waals surface area contributed by atoms with Gasteiger partial charge < -0.3 is 10.5 Å². The molecule has 1 aromatic rings. The molecule has 1 saturated carbocycles. The maximum atomic E-state index is 6.04. The van der Waals surface area contributed by atoms with Crippen LogP contribution >= 0.6 is 0 Å². The number of aryl methyl sites for hydroxylation is 2. The number of hydrogen-bond donors (Lipinski definition) is 1. The average molecular weight is 275 g/mol. The first-order valence-electron chi connectivity index (χ1n) is 7.73. The third-order valence-electron chi connectivity index (χ3n) is 5.02. The van der Waals surface area contributed by atoms with Crippen molar-refractivity contribution in [2.24, 2.45) is 17.1 Å². The zero-order valence-electron chi connectivity index (χ0n) is 13.6. The smallest absolute Gasteiger partial charge is 0.122 e. The van der Waals surface area contributed by atoms with Gasteiger partial charge in [0.15, 0.2) is 0 Å². The van der Waals surface area contributed by atoms with Crippen molar-refractivity contribution in [3.05, 3.63) is 28.8 Å². The normalized spacial score (nSPS) is 25.5. The van der Waals surface area contributed by atoms with Gasteiger partial charge >= 0.3 is 0 Å². The van der Waals surface area contributed by atoms with Crippen molar-refractivity contribution < 1.29 is 4.74 Å². The molecule has 0 aliphatic heterocycles. The summed E-state index contributed by atoms with van der Waals surface area (Å²) in [6.07, 6.45) is 3.78. The number of methoxy groups -OCH3 is 1.